The number of halogens is 2. The van der Waals surface area contributed by atoms with Crippen LogP contribution in [0, 0.1) is 5.82 Å². The van der Waals surface area contributed by atoms with Gasteiger partial charge in [-0.05, 0) is 55.9 Å². The molecule has 0 radical (unpaired) electrons. The van der Waals surface area contributed by atoms with Crippen molar-refractivity contribution in [3.8, 4) is 0 Å². The third-order valence-corrected chi connectivity index (χ3v) is 5.28. The fraction of sp³-hybridized carbons (Fsp3) is 0.429. The zero-order chi connectivity index (χ0) is 17.7. The van der Waals surface area contributed by atoms with Crippen LogP contribution >= 0.6 is 11.6 Å². The molecule has 0 amide bonds. The summed E-state index contributed by atoms with van der Waals surface area (Å²) in [7, 11) is 0. The van der Waals surface area contributed by atoms with Crippen LogP contribution in [0.25, 0.3) is 0 Å². The number of rotatable bonds is 6. The van der Waals surface area contributed by atoms with Crippen LogP contribution in [-0.4, -0.2) is 23.7 Å². The molecule has 0 N–H and O–H groups in total. The quantitative estimate of drug-likeness (QED) is 0.679. The Hall–Kier alpha value is -1.42. The van der Waals surface area contributed by atoms with E-state index in [0.29, 0.717) is 23.6 Å². The molecule has 1 heterocycles. The van der Waals surface area contributed by atoms with Crippen LogP contribution in [0.5, 0.6) is 0 Å². The highest BCUT2D eigenvalue weighted by atomic mass is 35.5. The monoisotopic (exact) mass is 361 g/mol. The first-order chi connectivity index (χ1) is 12.1. The van der Waals surface area contributed by atoms with E-state index in [2.05, 4.69) is 24.0 Å². The zero-order valence-electron chi connectivity index (χ0n) is 14.7. The van der Waals surface area contributed by atoms with Crippen LogP contribution in [0.4, 0.5) is 4.39 Å². The molecule has 134 valence electrons. The minimum atomic E-state index is -0.295. The minimum Gasteiger partial charge on any atom is -0.356 e. The third-order valence-electron chi connectivity index (χ3n) is 5.05. The van der Waals surface area contributed by atoms with Crippen molar-refractivity contribution in [2.75, 3.05) is 13.1 Å². The van der Waals surface area contributed by atoms with Gasteiger partial charge in [0.05, 0.1) is 6.61 Å². The van der Waals surface area contributed by atoms with Crippen LogP contribution < -0.4 is 0 Å². The summed E-state index contributed by atoms with van der Waals surface area (Å²) in [6, 6.07) is 15.2. The molecule has 1 atom stereocenters. The fourth-order valence-electron chi connectivity index (χ4n) is 3.45. The molecule has 1 saturated heterocycles. The van der Waals surface area contributed by atoms with E-state index in [-0.39, 0.29) is 11.5 Å². The molecule has 2 nitrogen and oxygen atoms in total. The van der Waals surface area contributed by atoms with E-state index in [1.165, 1.54) is 11.6 Å². The standard InChI is InChI=1S/C21H25ClFNO/c1-21(25-16-17-7-3-2-4-8-17)12-5-6-13-24(21)14-11-18-9-10-19(22)15-20(18)23/h2-4,7-10,15H,5-6,11-14,16H2,1H3. The first kappa shape index (κ1) is 18.4. The number of likely N-dealkylation sites (tertiary alicyclic amines) is 1. The molecule has 0 spiro atoms. The molecule has 1 fully saturated rings. The van der Waals surface area contributed by atoms with Gasteiger partial charge in [0.2, 0.25) is 0 Å². The van der Waals surface area contributed by atoms with E-state index < -0.39 is 0 Å². The molecular weight excluding hydrogens is 337 g/mol. The highest BCUT2D eigenvalue weighted by Gasteiger charge is 2.35. The van der Waals surface area contributed by atoms with E-state index in [1.54, 1.807) is 12.1 Å². The average Bonchev–Trinajstić information content (AvgIpc) is 2.62. The summed E-state index contributed by atoms with van der Waals surface area (Å²) in [5.41, 5.74) is 1.59. The van der Waals surface area contributed by atoms with Gasteiger partial charge >= 0.3 is 0 Å². The van der Waals surface area contributed by atoms with E-state index in [1.807, 2.05) is 18.2 Å². The maximum Gasteiger partial charge on any atom is 0.127 e. The maximum absolute atomic E-state index is 14.0. The largest absolute Gasteiger partial charge is 0.356 e. The summed E-state index contributed by atoms with van der Waals surface area (Å²) in [5, 5.41) is 0.440. The predicted octanol–water partition coefficient (Wildman–Crippen LogP) is 5.44. The van der Waals surface area contributed by atoms with Gasteiger partial charge in [-0.15, -0.1) is 0 Å². The van der Waals surface area contributed by atoms with Crippen molar-refractivity contribution in [1.29, 1.82) is 0 Å². The molecule has 4 heteroatoms. The van der Waals surface area contributed by atoms with Crippen molar-refractivity contribution in [3.05, 3.63) is 70.5 Å². The van der Waals surface area contributed by atoms with Gasteiger partial charge in [0.15, 0.2) is 0 Å². The van der Waals surface area contributed by atoms with Crippen molar-refractivity contribution in [3.63, 3.8) is 0 Å². The Bertz CT molecular complexity index is 694. The lowest BCUT2D eigenvalue weighted by Crippen LogP contribution is -2.52. The minimum absolute atomic E-state index is 0.226. The number of hydrogen-bond acceptors (Lipinski definition) is 2. The van der Waals surface area contributed by atoms with Gasteiger partial charge in [-0.2, -0.15) is 0 Å². The second kappa shape index (κ2) is 8.31. The van der Waals surface area contributed by atoms with Gasteiger partial charge in [-0.25, -0.2) is 4.39 Å². The van der Waals surface area contributed by atoms with Crippen LogP contribution in [0.15, 0.2) is 48.5 Å². The highest BCUT2D eigenvalue weighted by Crippen LogP contribution is 2.30. The van der Waals surface area contributed by atoms with Crippen molar-refractivity contribution in [2.24, 2.45) is 0 Å². The number of benzene rings is 2. The molecule has 2 aromatic rings. The van der Waals surface area contributed by atoms with Crippen molar-refractivity contribution >= 4 is 11.6 Å². The molecule has 1 aliphatic rings. The van der Waals surface area contributed by atoms with Gasteiger partial charge in [0, 0.05) is 18.1 Å². The lowest BCUT2D eigenvalue weighted by Gasteiger charge is -2.44. The molecule has 2 aromatic carbocycles. The van der Waals surface area contributed by atoms with Crippen LogP contribution in [-0.2, 0) is 17.8 Å². The molecule has 3 rings (SSSR count). The number of ether oxygens (including phenoxy) is 1. The van der Waals surface area contributed by atoms with Gasteiger partial charge in [0.25, 0.3) is 0 Å². The second-order valence-corrected chi connectivity index (χ2v) is 7.32. The molecule has 0 aromatic heterocycles. The SMILES string of the molecule is CC1(OCc2ccccc2)CCCCN1CCc1ccc(Cl)cc1F. The maximum atomic E-state index is 14.0. The number of hydrogen-bond donors (Lipinski definition) is 0. The average molecular weight is 362 g/mol. The molecule has 25 heavy (non-hydrogen) atoms. The van der Waals surface area contributed by atoms with Gasteiger partial charge < -0.3 is 4.74 Å². The normalized spacial score (nSPS) is 21.4. The number of piperidine rings is 1. The second-order valence-electron chi connectivity index (χ2n) is 6.88. The van der Waals surface area contributed by atoms with Crippen molar-refractivity contribution in [2.45, 2.75) is 44.9 Å². The van der Waals surface area contributed by atoms with E-state index in [4.69, 9.17) is 16.3 Å². The molecule has 0 saturated carbocycles. The first-order valence-electron chi connectivity index (χ1n) is 8.94. The lowest BCUT2D eigenvalue weighted by molar-refractivity contribution is -0.170. The molecule has 0 bridgehead atoms. The predicted molar refractivity (Wildman–Crippen MR) is 100 cm³/mol. The summed E-state index contributed by atoms with van der Waals surface area (Å²) < 4.78 is 20.4. The summed E-state index contributed by atoms with van der Waals surface area (Å²) in [5.74, 6) is -0.226. The van der Waals surface area contributed by atoms with Crippen LogP contribution in [0.1, 0.15) is 37.3 Å². The lowest BCUT2D eigenvalue weighted by atomic mass is 9.98. The molecule has 1 aliphatic heterocycles. The third kappa shape index (κ3) is 4.81. The highest BCUT2D eigenvalue weighted by molar-refractivity contribution is 6.30. The summed E-state index contributed by atoms with van der Waals surface area (Å²) in [6.45, 7) is 4.53. The van der Waals surface area contributed by atoms with Crippen LogP contribution in [0.3, 0.4) is 0 Å². The van der Waals surface area contributed by atoms with Crippen molar-refractivity contribution < 1.29 is 9.13 Å². The van der Waals surface area contributed by atoms with Crippen molar-refractivity contribution in [1.82, 2.24) is 4.90 Å². The zero-order valence-corrected chi connectivity index (χ0v) is 15.4. The van der Waals surface area contributed by atoms with Gasteiger partial charge in [0.1, 0.15) is 11.5 Å². The smallest absolute Gasteiger partial charge is 0.127 e. The van der Waals surface area contributed by atoms with E-state index >= 15 is 0 Å². The Balaban J connectivity index is 1.63. The summed E-state index contributed by atoms with van der Waals surface area (Å²) in [4.78, 5) is 2.35. The van der Waals surface area contributed by atoms with E-state index in [9.17, 15) is 4.39 Å². The molecule has 0 aliphatic carbocycles. The van der Waals surface area contributed by atoms with Crippen LogP contribution in [0.2, 0.25) is 5.02 Å². The molecular formula is C21H25ClFNO. The Kier molecular flexibility index (Phi) is 6.10. The molecule has 1 unspecified atom stereocenters. The Labute approximate surface area is 154 Å². The van der Waals surface area contributed by atoms with E-state index in [0.717, 1.165) is 32.4 Å². The first-order valence-corrected chi connectivity index (χ1v) is 9.31. The summed E-state index contributed by atoms with van der Waals surface area (Å²) in [6.07, 6.45) is 3.99. The topological polar surface area (TPSA) is 12.5 Å². The Morgan fingerprint density at radius 2 is 1.96 bits per heavy atom. The Morgan fingerprint density at radius 3 is 2.72 bits per heavy atom. The summed E-state index contributed by atoms with van der Waals surface area (Å²) >= 11 is 5.84. The van der Waals surface area contributed by atoms with Gasteiger partial charge in [-0.1, -0.05) is 48.0 Å². The number of nitrogens with zero attached hydrogens (tertiary/aromatic N) is 1. The van der Waals surface area contributed by atoms with Gasteiger partial charge in [-0.3, -0.25) is 4.90 Å². The fourth-order valence-corrected chi connectivity index (χ4v) is 3.61. The Morgan fingerprint density at radius 1 is 1.16 bits per heavy atom.